The van der Waals surface area contributed by atoms with Crippen molar-refractivity contribution in [3.05, 3.63) is 0 Å². The first-order valence-corrected chi connectivity index (χ1v) is 8.72. The molecule has 1 aliphatic heterocycles. The summed E-state index contributed by atoms with van der Waals surface area (Å²) < 4.78 is 26.6. The molecular formula is C13H28N2O2S. The molecule has 108 valence electrons. The Balaban J connectivity index is 2.81. The van der Waals surface area contributed by atoms with E-state index in [1.54, 1.807) is 4.31 Å². The Morgan fingerprint density at radius 3 is 2.50 bits per heavy atom. The average molecular weight is 276 g/mol. The van der Waals surface area contributed by atoms with Gasteiger partial charge in [-0.05, 0) is 32.2 Å². The maximum atomic E-state index is 12.4. The summed E-state index contributed by atoms with van der Waals surface area (Å²) in [6, 6.07) is 0.361. The molecule has 0 aromatic heterocycles. The summed E-state index contributed by atoms with van der Waals surface area (Å²) in [7, 11) is -3.10. The topological polar surface area (TPSA) is 49.4 Å². The van der Waals surface area contributed by atoms with E-state index in [-0.39, 0.29) is 23.8 Å². The quantitative estimate of drug-likeness (QED) is 0.805. The Kier molecular flexibility index (Phi) is 6.08. The van der Waals surface area contributed by atoms with Crippen molar-refractivity contribution in [1.29, 1.82) is 0 Å². The third kappa shape index (κ3) is 4.21. The zero-order valence-electron chi connectivity index (χ0n) is 12.1. The van der Waals surface area contributed by atoms with E-state index in [1.165, 1.54) is 0 Å². The van der Waals surface area contributed by atoms with Crippen molar-refractivity contribution < 1.29 is 8.42 Å². The largest absolute Gasteiger partial charge is 0.313 e. The highest BCUT2D eigenvalue weighted by atomic mass is 32.2. The van der Waals surface area contributed by atoms with Crippen molar-refractivity contribution in [1.82, 2.24) is 9.62 Å². The molecule has 0 spiro atoms. The van der Waals surface area contributed by atoms with E-state index < -0.39 is 10.0 Å². The minimum Gasteiger partial charge on any atom is -0.313 e. The van der Waals surface area contributed by atoms with Crippen LogP contribution in [0.4, 0.5) is 0 Å². The van der Waals surface area contributed by atoms with Crippen molar-refractivity contribution in [2.45, 2.75) is 59.0 Å². The van der Waals surface area contributed by atoms with Gasteiger partial charge in [0.05, 0.1) is 5.75 Å². The molecule has 0 bridgehead atoms. The summed E-state index contributed by atoms with van der Waals surface area (Å²) in [5, 5.41) is 3.36. The Morgan fingerprint density at radius 1 is 1.28 bits per heavy atom. The van der Waals surface area contributed by atoms with Gasteiger partial charge in [0.2, 0.25) is 10.0 Å². The molecule has 1 aliphatic rings. The summed E-state index contributed by atoms with van der Waals surface area (Å²) in [6.07, 6.45) is 3.10. The van der Waals surface area contributed by atoms with E-state index in [2.05, 4.69) is 19.2 Å². The van der Waals surface area contributed by atoms with Gasteiger partial charge in [0.25, 0.3) is 0 Å². The van der Waals surface area contributed by atoms with Gasteiger partial charge in [0, 0.05) is 18.6 Å². The molecule has 1 N–H and O–H groups in total. The van der Waals surface area contributed by atoms with Gasteiger partial charge in [-0.15, -0.1) is 0 Å². The zero-order valence-corrected chi connectivity index (χ0v) is 13.0. The summed E-state index contributed by atoms with van der Waals surface area (Å²) >= 11 is 0. The average Bonchev–Trinajstić information content (AvgIpc) is 2.27. The van der Waals surface area contributed by atoms with Gasteiger partial charge < -0.3 is 5.32 Å². The molecule has 1 rings (SSSR count). The molecule has 0 aliphatic carbocycles. The highest BCUT2D eigenvalue weighted by molar-refractivity contribution is 7.89. The SMILES string of the molecule is CCNC(C)C1CCCCN1S(=O)(=O)CC(C)C. The number of hydrogen-bond acceptors (Lipinski definition) is 3. The number of hydrogen-bond donors (Lipinski definition) is 1. The van der Waals surface area contributed by atoms with E-state index in [0.29, 0.717) is 6.54 Å². The monoisotopic (exact) mass is 276 g/mol. The van der Waals surface area contributed by atoms with E-state index in [1.807, 2.05) is 13.8 Å². The molecule has 1 saturated heterocycles. The van der Waals surface area contributed by atoms with Crippen LogP contribution in [0.2, 0.25) is 0 Å². The fourth-order valence-electron chi connectivity index (χ4n) is 2.75. The first-order valence-electron chi connectivity index (χ1n) is 7.11. The lowest BCUT2D eigenvalue weighted by Gasteiger charge is -2.38. The summed E-state index contributed by atoms with van der Waals surface area (Å²) in [6.45, 7) is 9.66. The van der Waals surface area contributed by atoms with Crippen LogP contribution in [-0.4, -0.2) is 43.6 Å². The predicted octanol–water partition coefficient (Wildman–Crippen LogP) is 1.82. The maximum absolute atomic E-state index is 12.4. The number of rotatable bonds is 6. The van der Waals surface area contributed by atoms with E-state index in [9.17, 15) is 8.42 Å². The van der Waals surface area contributed by atoms with Crippen LogP contribution in [0.5, 0.6) is 0 Å². The van der Waals surface area contributed by atoms with Crippen LogP contribution in [-0.2, 0) is 10.0 Å². The summed E-state index contributed by atoms with van der Waals surface area (Å²) in [5.74, 6) is 0.453. The molecule has 5 heteroatoms. The van der Waals surface area contributed by atoms with E-state index in [0.717, 1.165) is 25.8 Å². The Bertz CT molecular complexity index is 341. The van der Waals surface area contributed by atoms with Crippen LogP contribution >= 0.6 is 0 Å². The normalized spacial score (nSPS) is 24.4. The fraction of sp³-hybridized carbons (Fsp3) is 1.00. The van der Waals surface area contributed by atoms with Gasteiger partial charge in [-0.1, -0.05) is 27.2 Å². The molecule has 4 nitrogen and oxygen atoms in total. The van der Waals surface area contributed by atoms with E-state index in [4.69, 9.17) is 0 Å². The van der Waals surface area contributed by atoms with Crippen molar-refractivity contribution >= 4 is 10.0 Å². The van der Waals surface area contributed by atoms with Gasteiger partial charge >= 0.3 is 0 Å². The molecule has 2 unspecified atom stereocenters. The molecule has 1 fully saturated rings. The van der Waals surface area contributed by atoms with Gasteiger partial charge in [0.1, 0.15) is 0 Å². The van der Waals surface area contributed by atoms with E-state index >= 15 is 0 Å². The highest BCUT2D eigenvalue weighted by Gasteiger charge is 2.35. The first-order chi connectivity index (χ1) is 8.38. The molecule has 0 aromatic rings. The van der Waals surface area contributed by atoms with Crippen molar-refractivity contribution in [3.63, 3.8) is 0 Å². The van der Waals surface area contributed by atoms with Crippen LogP contribution in [0.3, 0.4) is 0 Å². The number of sulfonamides is 1. The third-order valence-corrected chi connectivity index (χ3v) is 5.76. The fourth-order valence-corrected chi connectivity index (χ4v) is 4.89. The van der Waals surface area contributed by atoms with Gasteiger partial charge in [-0.2, -0.15) is 4.31 Å². The molecule has 0 radical (unpaired) electrons. The van der Waals surface area contributed by atoms with Crippen molar-refractivity contribution in [2.75, 3.05) is 18.8 Å². The number of likely N-dealkylation sites (N-methyl/N-ethyl adjacent to an activating group) is 1. The Hall–Kier alpha value is -0.130. The van der Waals surface area contributed by atoms with Crippen LogP contribution < -0.4 is 5.32 Å². The number of nitrogens with zero attached hydrogens (tertiary/aromatic N) is 1. The summed E-state index contributed by atoms with van der Waals surface area (Å²) in [5.41, 5.74) is 0. The minimum absolute atomic E-state index is 0.127. The van der Waals surface area contributed by atoms with Crippen LogP contribution in [0.25, 0.3) is 0 Å². The maximum Gasteiger partial charge on any atom is 0.214 e. The second kappa shape index (κ2) is 6.87. The highest BCUT2D eigenvalue weighted by Crippen LogP contribution is 2.24. The lowest BCUT2D eigenvalue weighted by atomic mass is 9.99. The molecule has 18 heavy (non-hydrogen) atoms. The second-order valence-corrected chi connectivity index (χ2v) is 7.66. The van der Waals surface area contributed by atoms with Gasteiger partial charge in [0.15, 0.2) is 0 Å². The number of piperidine rings is 1. The first kappa shape index (κ1) is 15.9. The zero-order chi connectivity index (χ0) is 13.8. The Labute approximate surface area is 112 Å². The van der Waals surface area contributed by atoms with Gasteiger partial charge in [-0.25, -0.2) is 8.42 Å². The standard InChI is InChI=1S/C13H28N2O2S/c1-5-14-12(4)13-8-6-7-9-15(13)18(16,17)10-11(2)3/h11-14H,5-10H2,1-4H3. The van der Waals surface area contributed by atoms with Gasteiger partial charge in [-0.3, -0.25) is 0 Å². The van der Waals surface area contributed by atoms with Crippen molar-refractivity contribution in [2.24, 2.45) is 5.92 Å². The molecule has 1 heterocycles. The number of nitrogens with one attached hydrogen (secondary N) is 1. The molecule has 0 aromatic carbocycles. The van der Waals surface area contributed by atoms with Crippen LogP contribution in [0.1, 0.15) is 47.0 Å². The van der Waals surface area contributed by atoms with Crippen LogP contribution in [0, 0.1) is 5.92 Å². The lowest BCUT2D eigenvalue weighted by Crippen LogP contribution is -2.53. The summed E-state index contributed by atoms with van der Waals surface area (Å²) in [4.78, 5) is 0. The van der Waals surface area contributed by atoms with Crippen LogP contribution in [0.15, 0.2) is 0 Å². The minimum atomic E-state index is -3.10. The van der Waals surface area contributed by atoms with Crippen molar-refractivity contribution in [3.8, 4) is 0 Å². The lowest BCUT2D eigenvalue weighted by molar-refractivity contribution is 0.209. The molecule has 2 atom stereocenters. The smallest absolute Gasteiger partial charge is 0.214 e. The molecular weight excluding hydrogens is 248 g/mol. The molecule has 0 amide bonds. The second-order valence-electron chi connectivity index (χ2n) is 5.69. The Morgan fingerprint density at radius 2 is 1.94 bits per heavy atom. The predicted molar refractivity (Wildman–Crippen MR) is 76.1 cm³/mol. The molecule has 0 saturated carbocycles. The third-order valence-electron chi connectivity index (χ3n) is 3.50.